The Balaban J connectivity index is 2.18. The van der Waals surface area contributed by atoms with Gasteiger partial charge >= 0.3 is 17.9 Å². The van der Waals surface area contributed by atoms with E-state index in [1.54, 1.807) is 4.90 Å². The van der Waals surface area contributed by atoms with Crippen molar-refractivity contribution in [3.05, 3.63) is 35.9 Å². The normalized spacial score (nSPS) is 20.3. The van der Waals surface area contributed by atoms with Gasteiger partial charge < -0.3 is 15.3 Å². The Morgan fingerprint density at radius 1 is 0.733 bits per heavy atom. The van der Waals surface area contributed by atoms with E-state index in [2.05, 4.69) is 0 Å². The van der Waals surface area contributed by atoms with Gasteiger partial charge in [-0.25, -0.2) is 0 Å². The number of carboxylic acid groups (broad SMARTS) is 3. The van der Waals surface area contributed by atoms with Crippen molar-refractivity contribution in [2.45, 2.75) is 12.8 Å². The van der Waals surface area contributed by atoms with Gasteiger partial charge in [-0.05, 0) is 30.9 Å². The highest BCUT2D eigenvalue weighted by Crippen LogP contribution is 2.16. The zero-order valence-electron chi connectivity index (χ0n) is 17.2. The lowest BCUT2D eigenvalue weighted by Crippen LogP contribution is -2.43. The molecular formula is C21H31N3O6. The molecule has 1 aliphatic heterocycles. The van der Waals surface area contributed by atoms with Gasteiger partial charge in [0.2, 0.25) is 0 Å². The van der Waals surface area contributed by atoms with Gasteiger partial charge in [0.05, 0.1) is 19.6 Å². The minimum atomic E-state index is -0.957. The number of benzene rings is 1. The van der Waals surface area contributed by atoms with Gasteiger partial charge in [0.1, 0.15) is 0 Å². The molecule has 0 bridgehead atoms. The van der Waals surface area contributed by atoms with E-state index in [-0.39, 0.29) is 25.6 Å². The first-order valence-electron chi connectivity index (χ1n) is 10.2. The molecule has 1 aromatic rings. The predicted octanol–water partition coefficient (Wildman–Crippen LogP) is 0.409. The molecule has 1 aromatic carbocycles. The molecule has 0 amide bonds. The fraction of sp³-hybridized carbons (Fsp3) is 0.571. The maximum atomic E-state index is 11.4. The number of carbonyl (C=O) groups is 3. The number of hydrogen-bond acceptors (Lipinski definition) is 6. The van der Waals surface area contributed by atoms with Crippen LogP contribution in [0.25, 0.3) is 0 Å². The summed E-state index contributed by atoms with van der Waals surface area (Å²) in [6.07, 6.45) is 1.51. The second-order valence-electron chi connectivity index (χ2n) is 7.81. The van der Waals surface area contributed by atoms with Crippen LogP contribution in [0.4, 0.5) is 0 Å². The highest BCUT2D eigenvalue weighted by Gasteiger charge is 2.22. The molecule has 1 atom stereocenters. The molecule has 1 aliphatic rings. The molecular weight excluding hydrogens is 390 g/mol. The van der Waals surface area contributed by atoms with Crippen LogP contribution in [0.5, 0.6) is 0 Å². The number of carboxylic acids is 3. The van der Waals surface area contributed by atoms with Crippen LogP contribution in [0, 0.1) is 5.92 Å². The van der Waals surface area contributed by atoms with E-state index >= 15 is 0 Å². The second-order valence-corrected chi connectivity index (χ2v) is 7.81. The molecule has 1 fully saturated rings. The van der Waals surface area contributed by atoms with Gasteiger partial charge in [0.15, 0.2) is 0 Å². The molecule has 30 heavy (non-hydrogen) atoms. The van der Waals surface area contributed by atoms with Gasteiger partial charge in [-0.3, -0.25) is 29.1 Å². The maximum Gasteiger partial charge on any atom is 0.317 e. The van der Waals surface area contributed by atoms with Gasteiger partial charge in [-0.15, -0.1) is 0 Å². The van der Waals surface area contributed by atoms with Crippen molar-refractivity contribution in [1.82, 2.24) is 14.7 Å². The molecule has 1 heterocycles. The summed E-state index contributed by atoms with van der Waals surface area (Å²) in [4.78, 5) is 39.3. The Morgan fingerprint density at radius 3 is 1.73 bits per heavy atom. The summed E-state index contributed by atoms with van der Waals surface area (Å²) in [5, 5.41) is 27.7. The SMILES string of the molecule is O=C(O)CN1CCC(Cc2ccccc2)CN(CC(=O)O)CCN(CC(=O)O)CC1. The first-order chi connectivity index (χ1) is 14.3. The van der Waals surface area contributed by atoms with E-state index in [1.807, 2.05) is 40.1 Å². The molecule has 3 N–H and O–H groups in total. The van der Waals surface area contributed by atoms with E-state index in [1.165, 1.54) is 0 Å². The molecule has 0 radical (unpaired) electrons. The minimum absolute atomic E-state index is 0.0994. The number of rotatable bonds is 8. The third kappa shape index (κ3) is 9.34. The number of hydrogen-bond donors (Lipinski definition) is 3. The van der Waals surface area contributed by atoms with Crippen LogP contribution in [-0.4, -0.2) is 107 Å². The minimum Gasteiger partial charge on any atom is -0.480 e. The topological polar surface area (TPSA) is 122 Å². The third-order valence-corrected chi connectivity index (χ3v) is 5.28. The molecule has 9 heteroatoms. The molecule has 9 nitrogen and oxygen atoms in total. The summed E-state index contributed by atoms with van der Waals surface area (Å²) in [6, 6.07) is 9.96. The van der Waals surface area contributed by atoms with Crippen molar-refractivity contribution in [2.75, 3.05) is 58.9 Å². The maximum absolute atomic E-state index is 11.4. The van der Waals surface area contributed by atoms with Crippen LogP contribution in [0.1, 0.15) is 12.0 Å². The summed E-state index contributed by atoms with van der Waals surface area (Å²) in [6.45, 7) is 2.50. The largest absolute Gasteiger partial charge is 0.480 e. The van der Waals surface area contributed by atoms with Crippen LogP contribution >= 0.6 is 0 Å². The zero-order valence-corrected chi connectivity index (χ0v) is 17.2. The van der Waals surface area contributed by atoms with Crippen LogP contribution in [0.2, 0.25) is 0 Å². The fourth-order valence-electron chi connectivity index (χ4n) is 3.85. The molecule has 166 valence electrons. The quantitative estimate of drug-likeness (QED) is 0.548. The number of aliphatic carboxylic acids is 3. The van der Waals surface area contributed by atoms with Crippen molar-refractivity contribution >= 4 is 17.9 Å². The lowest BCUT2D eigenvalue weighted by Gasteiger charge is -2.28. The Kier molecular flexibility index (Phi) is 9.72. The van der Waals surface area contributed by atoms with Gasteiger partial charge in [0, 0.05) is 32.7 Å². The molecule has 0 aliphatic carbocycles. The predicted molar refractivity (Wildman–Crippen MR) is 110 cm³/mol. The molecule has 0 aromatic heterocycles. The van der Waals surface area contributed by atoms with Crippen molar-refractivity contribution in [1.29, 1.82) is 0 Å². The van der Waals surface area contributed by atoms with Crippen molar-refractivity contribution in [2.24, 2.45) is 5.92 Å². The lowest BCUT2D eigenvalue weighted by atomic mass is 9.95. The summed E-state index contributed by atoms with van der Waals surface area (Å²) >= 11 is 0. The van der Waals surface area contributed by atoms with Crippen molar-refractivity contribution in [3.63, 3.8) is 0 Å². The van der Waals surface area contributed by atoms with Gasteiger partial charge in [-0.2, -0.15) is 0 Å². The molecule has 0 spiro atoms. The van der Waals surface area contributed by atoms with E-state index in [9.17, 15) is 29.7 Å². The zero-order chi connectivity index (χ0) is 21.9. The average Bonchev–Trinajstić information content (AvgIpc) is 2.69. The fourth-order valence-corrected chi connectivity index (χ4v) is 3.85. The summed E-state index contributed by atoms with van der Waals surface area (Å²) in [5.74, 6) is -2.63. The van der Waals surface area contributed by atoms with Gasteiger partial charge in [0.25, 0.3) is 0 Å². The first-order valence-corrected chi connectivity index (χ1v) is 10.2. The van der Waals surface area contributed by atoms with Crippen LogP contribution in [0.3, 0.4) is 0 Å². The van der Waals surface area contributed by atoms with Crippen molar-refractivity contribution < 1.29 is 29.7 Å². The highest BCUT2D eigenvalue weighted by atomic mass is 16.4. The Morgan fingerprint density at radius 2 is 1.20 bits per heavy atom. The Hall–Kier alpha value is -2.49. The van der Waals surface area contributed by atoms with E-state index in [0.717, 1.165) is 18.4 Å². The summed E-state index contributed by atoms with van der Waals surface area (Å²) in [5.41, 5.74) is 1.16. The molecule has 1 unspecified atom stereocenters. The first kappa shape index (κ1) is 23.8. The monoisotopic (exact) mass is 421 g/mol. The smallest absolute Gasteiger partial charge is 0.317 e. The van der Waals surface area contributed by atoms with E-state index < -0.39 is 17.9 Å². The second kappa shape index (κ2) is 12.3. The average molecular weight is 421 g/mol. The van der Waals surface area contributed by atoms with Crippen LogP contribution in [-0.2, 0) is 20.8 Å². The standard InChI is InChI=1S/C21H31N3O6/c25-19(26)14-22-7-6-18(12-17-4-2-1-3-5-17)13-24(16-21(29)30)11-10-23(9-8-22)15-20(27)28/h1-5,18H,6-16H2,(H,25,26)(H,27,28)(H,29,30). The lowest BCUT2D eigenvalue weighted by molar-refractivity contribution is -0.140. The molecule has 1 saturated heterocycles. The van der Waals surface area contributed by atoms with E-state index in [0.29, 0.717) is 39.3 Å². The van der Waals surface area contributed by atoms with Crippen molar-refractivity contribution in [3.8, 4) is 0 Å². The molecule has 2 rings (SSSR count). The highest BCUT2D eigenvalue weighted by molar-refractivity contribution is 5.69. The Bertz CT molecular complexity index is 699. The van der Waals surface area contributed by atoms with Gasteiger partial charge in [-0.1, -0.05) is 30.3 Å². The summed E-state index contributed by atoms with van der Waals surface area (Å²) in [7, 11) is 0. The Labute approximate surface area is 176 Å². The van der Waals surface area contributed by atoms with E-state index in [4.69, 9.17) is 0 Å². The van der Waals surface area contributed by atoms with Crippen LogP contribution < -0.4 is 0 Å². The number of nitrogens with zero attached hydrogens (tertiary/aromatic N) is 3. The summed E-state index contributed by atoms with van der Waals surface area (Å²) < 4.78 is 0. The molecule has 0 saturated carbocycles. The third-order valence-electron chi connectivity index (χ3n) is 5.28. The van der Waals surface area contributed by atoms with Crippen LogP contribution in [0.15, 0.2) is 30.3 Å².